The number of para-hydroxylation sites is 2. The minimum atomic E-state index is -0.445. The van der Waals surface area contributed by atoms with E-state index in [0.717, 1.165) is 16.6 Å². The van der Waals surface area contributed by atoms with Gasteiger partial charge in [-0.05, 0) is 24.6 Å². The molecule has 0 saturated heterocycles. The predicted octanol–water partition coefficient (Wildman–Crippen LogP) is 2.35. The lowest BCUT2D eigenvalue weighted by Crippen LogP contribution is -2.30. The Bertz CT molecular complexity index is 1470. The van der Waals surface area contributed by atoms with Crippen LogP contribution >= 0.6 is 0 Å². The van der Waals surface area contributed by atoms with Crippen LogP contribution in [0.4, 0.5) is 0 Å². The summed E-state index contributed by atoms with van der Waals surface area (Å²) in [5.41, 5.74) is 2.86. The first-order valence-corrected chi connectivity index (χ1v) is 9.81. The Hall–Kier alpha value is -3.94. The molecule has 0 aliphatic rings. The molecule has 0 radical (unpaired) electrons. The summed E-state index contributed by atoms with van der Waals surface area (Å²) in [5, 5.41) is 0. The van der Waals surface area contributed by atoms with Gasteiger partial charge in [0, 0.05) is 13.1 Å². The van der Waals surface area contributed by atoms with Crippen molar-refractivity contribution in [1.82, 2.24) is 28.7 Å². The number of aromatic nitrogens is 6. The quantitative estimate of drug-likeness (QED) is 0.490. The van der Waals surface area contributed by atoms with E-state index in [1.165, 1.54) is 4.57 Å². The Kier molecular flexibility index (Phi) is 4.31. The van der Waals surface area contributed by atoms with Gasteiger partial charge in [-0.3, -0.25) is 14.3 Å². The van der Waals surface area contributed by atoms with E-state index in [1.807, 2.05) is 70.7 Å². The van der Waals surface area contributed by atoms with E-state index in [-0.39, 0.29) is 0 Å². The van der Waals surface area contributed by atoms with Crippen LogP contribution in [0.15, 0.2) is 70.5 Å². The van der Waals surface area contributed by atoms with Crippen molar-refractivity contribution in [2.24, 2.45) is 0 Å². The summed E-state index contributed by atoms with van der Waals surface area (Å²) < 4.78 is 5.39. The fourth-order valence-electron chi connectivity index (χ4n) is 3.86. The van der Waals surface area contributed by atoms with Crippen molar-refractivity contribution < 1.29 is 0 Å². The molecule has 30 heavy (non-hydrogen) atoms. The van der Waals surface area contributed by atoms with Gasteiger partial charge in [-0.25, -0.2) is 14.8 Å². The largest absolute Gasteiger partial charge is 0.330 e. The van der Waals surface area contributed by atoms with Gasteiger partial charge >= 0.3 is 5.69 Å². The molecule has 1 N–H and O–H groups in total. The molecule has 8 nitrogen and oxygen atoms in total. The molecule has 0 saturated carbocycles. The lowest BCUT2D eigenvalue weighted by Gasteiger charge is -2.10. The highest BCUT2D eigenvalue weighted by Gasteiger charge is 2.19. The van der Waals surface area contributed by atoms with Gasteiger partial charge in [0.2, 0.25) is 0 Å². The first-order chi connectivity index (χ1) is 14.7. The third-order valence-corrected chi connectivity index (χ3v) is 5.30. The Morgan fingerprint density at radius 1 is 0.933 bits per heavy atom. The number of benzene rings is 2. The summed E-state index contributed by atoms with van der Waals surface area (Å²) in [6.45, 7) is 3.18. The summed E-state index contributed by atoms with van der Waals surface area (Å²) in [4.78, 5) is 36.7. The van der Waals surface area contributed by atoms with Gasteiger partial charge in [0.25, 0.3) is 5.56 Å². The lowest BCUT2D eigenvalue weighted by molar-refractivity contribution is 0.687. The monoisotopic (exact) mass is 400 g/mol. The number of imidazole rings is 2. The molecular weight excluding hydrogens is 380 g/mol. The predicted molar refractivity (Wildman–Crippen MR) is 115 cm³/mol. The first kappa shape index (κ1) is 18.1. The topological polar surface area (TPSA) is 90.5 Å². The molecule has 0 bridgehead atoms. The molecule has 0 fully saturated rings. The summed E-state index contributed by atoms with van der Waals surface area (Å²) in [6.07, 6.45) is 1.77. The minimum absolute atomic E-state index is 0.403. The molecule has 8 heteroatoms. The number of fused-ring (bicyclic) bond motifs is 2. The van der Waals surface area contributed by atoms with Gasteiger partial charge < -0.3 is 9.13 Å². The highest BCUT2D eigenvalue weighted by atomic mass is 16.2. The van der Waals surface area contributed by atoms with Gasteiger partial charge in [-0.2, -0.15) is 0 Å². The lowest BCUT2D eigenvalue weighted by atomic mass is 10.2. The van der Waals surface area contributed by atoms with Crippen LogP contribution in [-0.2, 0) is 19.6 Å². The highest BCUT2D eigenvalue weighted by molar-refractivity contribution is 5.75. The van der Waals surface area contributed by atoms with E-state index in [2.05, 4.69) is 9.97 Å². The molecule has 5 aromatic rings. The second-order valence-electron chi connectivity index (χ2n) is 7.14. The van der Waals surface area contributed by atoms with E-state index in [1.54, 1.807) is 6.33 Å². The van der Waals surface area contributed by atoms with E-state index >= 15 is 0 Å². The molecule has 0 amide bonds. The van der Waals surface area contributed by atoms with Crippen molar-refractivity contribution in [3.05, 3.63) is 93.2 Å². The maximum atomic E-state index is 12.8. The van der Waals surface area contributed by atoms with E-state index < -0.39 is 11.2 Å². The smallest absolute Gasteiger partial charge is 0.323 e. The van der Waals surface area contributed by atoms with Gasteiger partial charge in [0.15, 0.2) is 11.2 Å². The average Bonchev–Trinajstić information content (AvgIpc) is 3.32. The van der Waals surface area contributed by atoms with Crippen molar-refractivity contribution in [2.45, 2.75) is 26.6 Å². The van der Waals surface area contributed by atoms with Crippen molar-refractivity contribution in [1.29, 1.82) is 0 Å². The maximum absolute atomic E-state index is 12.8. The van der Waals surface area contributed by atoms with Gasteiger partial charge in [0.1, 0.15) is 5.82 Å². The Balaban J connectivity index is 1.73. The fourth-order valence-corrected chi connectivity index (χ4v) is 3.86. The molecule has 0 aliphatic heterocycles. The van der Waals surface area contributed by atoms with Crippen molar-refractivity contribution in [3.8, 4) is 0 Å². The Morgan fingerprint density at radius 2 is 1.70 bits per heavy atom. The molecule has 0 aliphatic carbocycles. The normalized spacial score (nSPS) is 11.5. The number of hydrogen-bond donors (Lipinski definition) is 1. The van der Waals surface area contributed by atoms with Crippen LogP contribution in [-0.4, -0.2) is 28.7 Å². The number of rotatable bonds is 5. The third kappa shape index (κ3) is 2.93. The van der Waals surface area contributed by atoms with Crippen LogP contribution in [0.3, 0.4) is 0 Å². The van der Waals surface area contributed by atoms with Crippen LogP contribution in [0.5, 0.6) is 0 Å². The van der Waals surface area contributed by atoms with Gasteiger partial charge in [0.05, 0.1) is 23.9 Å². The molecule has 3 heterocycles. The zero-order chi connectivity index (χ0) is 20.7. The van der Waals surface area contributed by atoms with Crippen LogP contribution in [0, 0.1) is 0 Å². The molecule has 0 spiro atoms. The minimum Gasteiger partial charge on any atom is -0.323 e. The molecular formula is C22H20N6O2. The van der Waals surface area contributed by atoms with E-state index in [9.17, 15) is 9.59 Å². The number of hydrogen-bond acceptors (Lipinski definition) is 4. The molecule has 0 unspecified atom stereocenters. The van der Waals surface area contributed by atoms with Crippen LogP contribution < -0.4 is 11.2 Å². The number of aromatic amines is 1. The molecule has 2 aromatic carbocycles. The number of H-pyrrole nitrogens is 1. The second kappa shape index (κ2) is 7.14. The van der Waals surface area contributed by atoms with Crippen LogP contribution in [0.1, 0.15) is 18.3 Å². The highest BCUT2D eigenvalue weighted by Crippen LogP contribution is 2.18. The summed E-state index contributed by atoms with van der Waals surface area (Å²) in [7, 11) is 0. The zero-order valence-electron chi connectivity index (χ0n) is 16.4. The van der Waals surface area contributed by atoms with E-state index in [0.29, 0.717) is 36.6 Å². The van der Waals surface area contributed by atoms with Gasteiger partial charge in [-0.1, -0.05) is 42.5 Å². The van der Waals surface area contributed by atoms with Gasteiger partial charge in [-0.15, -0.1) is 0 Å². The first-order valence-electron chi connectivity index (χ1n) is 9.81. The maximum Gasteiger partial charge on any atom is 0.330 e. The standard InChI is InChI=1S/C22H20N6O2/c1-2-27-20-19(21(29)25-22(27)30)28(12-15-8-4-3-5-9-15)18(24-20)13-26-14-23-16-10-6-7-11-17(16)26/h3-11,14H,2,12-13H2,1H3,(H,25,29,30). The molecule has 3 aromatic heterocycles. The molecule has 0 atom stereocenters. The third-order valence-electron chi connectivity index (χ3n) is 5.30. The zero-order valence-corrected chi connectivity index (χ0v) is 16.4. The number of aryl methyl sites for hydroxylation is 1. The Morgan fingerprint density at radius 3 is 2.50 bits per heavy atom. The number of nitrogens with zero attached hydrogens (tertiary/aromatic N) is 5. The summed E-state index contributed by atoms with van der Waals surface area (Å²) in [5.74, 6) is 0.690. The van der Waals surface area contributed by atoms with Crippen LogP contribution in [0.25, 0.3) is 22.2 Å². The SMILES string of the molecule is CCn1c(=O)[nH]c(=O)c2c1nc(Cn1cnc3ccccc31)n2Cc1ccccc1. The van der Waals surface area contributed by atoms with Crippen molar-refractivity contribution >= 4 is 22.2 Å². The summed E-state index contributed by atoms with van der Waals surface area (Å²) in [6, 6.07) is 17.8. The Labute approximate surface area is 171 Å². The number of nitrogens with one attached hydrogen (secondary N) is 1. The van der Waals surface area contributed by atoms with Crippen molar-refractivity contribution in [3.63, 3.8) is 0 Å². The average molecular weight is 400 g/mol. The van der Waals surface area contributed by atoms with Crippen LogP contribution in [0.2, 0.25) is 0 Å². The second-order valence-corrected chi connectivity index (χ2v) is 7.14. The van der Waals surface area contributed by atoms with Crippen molar-refractivity contribution in [2.75, 3.05) is 0 Å². The molecule has 150 valence electrons. The fraction of sp³-hybridized carbons (Fsp3) is 0.182. The van der Waals surface area contributed by atoms with E-state index in [4.69, 9.17) is 4.98 Å². The summed E-state index contributed by atoms with van der Waals surface area (Å²) >= 11 is 0. The molecule has 5 rings (SSSR count).